The van der Waals surface area contributed by atoms with E-state index in [1.807, 2.05) is 13.0 Å². The molecule has 3 nitrogen and oxygen atoms in total. The highest BCUT2D eigenvalue weighted by Crippen LogP contribution is 2.03. The molecule has 58 valence electrons. The Morgan fingerprint density at radius 2 is 2.55 bits per heavy atom. The minimum absolute atomic E-state index is 0.898. The van der Waals surface area contributed by atoms with Gasteiger partial charge in [0.25, 0.3) is 0 Å². The number of pyridine rings is 1. The van der Waals surface area contributed by atoms with Gasteiger partial charge in [-0.3, -0.25) is 4.98 Å². The quantitative estimate of drug-likeness (QED) is 0.394. The van der Waals surface area contributed by atoms with Crippen molar-refractivity contribution in [2.45, 2.75) is 13.3 Å². The van der Waals surface area contributed by atoms with Crippen LogP contribution in [0.25, 0.3) is 0 Å². The molecular weight excluding hydrogens is 140 g/mol. The maximum absolute atomic E-state index is 8.29. The summed E-state index contributed by atoms with van der Waals surface area (Å²) in [5.41, 5.74) is 2.01. The lowest BCUT2D eigenvalue weighted by Crippen LogP contribution is -1.91. The van der Waals surface area contributed by atoms with Crippen LogP contribution in [0.1, 0.15) is 18.1 Å². The molecule has 0 saturated heterocycles. The van der Waals surface area contributed by atoms with Crippen molar-refractivity contribution in [2.24, 2.45) is 5.16 Å². The molecule has 0 atom stereocenters. The Balaban J connectivity index is 3.02. The normalized spacial score (nSPS) is 10.6. The van der Waals surface area contributed by atoms with Crippen molar-refractivity contribution in [1.82, 2.24) is 4.98 Å². The molecule has 11 heavy (non-hydrogen) atoms. The monoisotopic (exact) mass is 150 g/mol. The Bertz CT molecular complexity index is 258. The van der Waals surface area contributed by atoms with Crippen molar-refractivity contribution >= 4 is 6.21 Å². The van der Waals surface area contributed by atoms with Crippen molar-refractivity contribution in [2.75, 3.05) is 0 Å². The second-order valence-corrected chi connectivity index (χ2v) is 2.17. The fraction of sp³-hybridized carbons (Fsp3) is 0.250. The highest BCUT2D eigenvalue weighted by molar-refractivity contribution is 5.80. The number of rotatable bonds is 2. The second kappa shape index (κ2) is 3.71. The van der Waals surface area contributed by atoms with Crippen LogP contribution in [0.5, 0.6) is 0 Å². The summed E-state index contributed by atoms with van der Waals surface area (Å²) in [6.45, 7) is 2.03. The first-order chi connectivity index (χ1) is 5.38. The molecule has 0 bridgehead atoms. The molecule has 0 fully saturated rings. The largest absolute Gasteiger partial charge is 0.411 e. The van der Waals surface area contributed by atoms with E-state index in [1.54, 1.807) is 12.4 Å². The Kier molecular flexibility index (Phi) is 2.60. The van der Waals surface area contributed by atoms with Gasteiger partial charge in [-0.25, -0.2) is 0 Å². The SMILES string of the molecule is CCc1cnccc1/C=N/O. The van der Waals surface area contributed by atoms with Crippen LogP contribution in [0.2, 0.25) is 0 Å². The maximum Gasteiger partial charge on any atom is 0.0737 e. The summed E-state index contributed by atoms with van der Waals surface area (Å²) >= 11 is 0. The van der Waals surface area contributed by atoms with Crippen molar-refractivity contribution in [3.8, 4) is 0 Å². The summed E-state index contributed by atoms with van der Waals surface area (Å²) in [5, 5.41) is 11.3. The Morgan fingerprint density at radius 1 is 1.73 bits per heavy atom. The molecule has 0 unspecified atom stereocenters. The van der Waals surface area contributed by atoms with Gasteiger partial charge in [-0.1, -0.05) is 12.1 Å². The molecule has 0 aliphatic carbocycles. The van der Waals surface area contributed by atoms with Crippen molar-refractivity contribution < 1.29 is 5.21 Å². The molecular formula is C8H10N2O. The lowest BCUT2D eigenvalue weighted by Gasteiger charge is -1.98. The molecule has 0 radical (unpaired) electrons. The van der Waals surface area contributed by atoms with Gasteiger partial charge in [0, 0.05) is 18.0 Å². The van der Waals surface area contributed by atoms with Crippen LogP contribution in [-0.2, 0) is 6.42 Å². The van der Waals surface area contributed by atoms with E-state index in [9.17, 15) is 0 Å². The van der Waals surface area contributed by atoms with E-state index in [4.69, 9.17) is 5.21 Å². The van der Waals surface area contributed by atoms with Crippen molar-refractivity contribution in [1.29, 1.82) is 0 Å². The Hall–Kier alpha value is -1.38. The highest BCUT2D eigenvalue weighted by Gasteiger charge is 1.95. The van der Waals surface area contributed by atoms with Gasteiger partial charge in [0.2, 0.25) is 0 Å². The molecule has 0 amide bonds. The molecule has 0 spiro atoms. The first-order valence-electron chi connectivity index (χ1n) is 3.48. The number of hydrogen-bond donors (Lipinski definition) is 1. The van der Waals surface area contributed by atoms with Crippen LogP contribution in [-0.4, -0.2) is 16.4 Å². The van der Waals surface area contributed by atoms with Gasteiger partial charge in [0.15, 0.2) is 0 Å². The number of aromatic nitrogens is 1. The van der Waals surface area contributed by atoms with Gasteiger partial charge in [-0.2, -0.15) is 0 Å². The molecule has 1 rings (SSSR count). The number of aryl methyl sites for hydroxylation is 1. The zero-order valence-corrected chi connectivity index (χ0v) is 6.36. The van der Waals surface area contributed by atoms with Crippen molar-refractivity contribution in [3.05, 3.63) is 29.6 Å². The number of hydrogen-bond acceptors (Lipinski definition) is 3. The molecule has 1 heterocycles. The van der Waals surface area contributed by atoms with Gasteiger partial charge >= 0.3 is 0 Å². The van der Waals surface area contributed by atoms with Crippen LogP contribution in [0.15, 0.2) is 23.6 Å². The molecule has 1 N–H and O–H groups in total. The first kappa shape index (κ1) is 7.72. The summed E-state index contributed by atoms with van der Waals surface area (Å²) in [4.78, 5) is 3.96. The maximum atomic E-state index is 8.29. The van der Waals surface area contributed by atoms with Crippen LogP contribution in [0.4, 0.5) is 0 Å². The highest BCUT2D eigenvalue weighted by atomic mass is 16.4. The van der Waals surface area contributed by atoms with E-state index < -0.39 is 0 Å². The number of oxime groups is 1. The van der Waals surface area contributed by atoms with Crippen LogP contribution >= 0.6 is 0 Å². The third-order valence-electron chi connectivity index (χ3n) is 1.52. The summed E-state index contributed by atoms with van der Waals surface area (Å²) in [5.74, 6) is 0. The lowest BCUT2D eigenvalue weighted by molar-refractivity contribution is 0.322. The second-order valence-electron chi connectivity index (χ2n) is 2.17. The van der Waals surface area contributed by atoms with Crippen molar-refractivity contribution in [3.63, 3.8) is 0 Å². The van der Waals surface area contributed by atoms with E-state index in [1.165, 1.54) is 6.21 Å². The zero-order valence-electron chi connectivity index (χ0n) is 6.36. The summed E-state index contributed by atoms with van der Waals surface area (Å²) in [6.07, 6.45) is 5.77. The van der Waals surface area contributed by atoms with Gasteiger partial charge in [0.1, 0.15) is 0 Å². The van der Waals surface area contributed by atoms with Gasteiger partial charge in [0.05, 0.1) is 6.21 Å². The number of nitrogens with zero attached hydrogens (tertiary/aromatic N) is 2. The van der Waals surface area contributed by atoms with E-state index in [-0.39, 0.29) is 0 Å². The average molecular weight is 150 g/mol. The van der Waals surface area contributed by atoms with Crippen LogP contribution < -0.4 is 0 Å². The Labute approximate surface area is 65.4 Å². The molecule has 1 aromatic rings. The molecule has 0 aliphatic rings. The van der Waals surface area contributed by atoms with E-state index in [2.05, 4.69) is 10.1 Å². The zero-order chi connectivity index (χ0) is 8.10. The molecule has 0 aromatic carbocycles. The fourth-order valence-corrected chi connectivity index (χ4v) is 0.921. The molecule has 3 heteroatoms. The van der Waals surface area contributed by atoms with Crippen LogP contribution in [0.3, 0.4) is 0 Å². The topological polar surface area (TPSA) is 45.5 Å². The predicted molar refractivity (Wildman–Crippen MR) is 43.0 cm³/mol. The minimum atomic E-state index is 0.898. The van der Waals surface area contributed by atoms with Gasteiger partial charge in [-0.05, 0) is 18.1 Å². The van der Waals surface area contributed by atoms with E-state index in [0.717, 1.165) is 17.5 Å². The van der Waals surface area contributed by atoms with E-state index in [0.29, 0.717) is 0 Å². The minimum Gasteiger partial charge on any atom is -0.411 e. The third-order valence-corrected chi connectivity index (χ3v) is 1.52. The fourth-order valence-electron chi connectivity index (χ4n) is 0.921. The van der Waals surface area contributed by atoms with Crippen LogP contribution in [0, 0.1) is 0 Å². The first-order valence-corrected chi connectivity index (χ1v) is 3.48. The van der Waals surface area contributed by atoms with Gasteiger partial charge in [-0.15, -0.1) is 0 Å². The lowest BCUT2D eigenvalue weighted by atomic mass is 10.1. The summed E-state index contributed by atoms with van der Waals surface area (Å²) in [6, 6.07) is 1.82. The Morgan fingerprint density at radius 3 is 3.18 bits per heavy atom. The van der Waals surface area contributed by atoms with E-state index >= 15 is 0 Å². The molecule has 0 aliphatic heterocycles. The molecule has 0 saturated carbocycles. The third kappa shape index (κ3) is 1.77. The average Bonchev–Trinajstić information content (AvgIpc) is 2.06. The standard InChI is InChI=1S/C8H10N2O/c1-2-7-5-9-4-3-8(7)6-10-11/h3-6,11H,2H2,1H3/b10-6+. The summed E-state index contributed by atoms with van der Waals surface area (Å²) < 4.78 is 0. The smallest absolute Gasteiger partial charge is 0.0737 e. The predicted octanol–water partition coefficient (Wildman–Crippen LogP) is 1.45. The van der Waals surface area contributed by atoms with Gasteiger partial charge < -0.3 is 5.21 Å². The summed E-state index contributed by atoms with van der Waals surface area (Å²) in [7, 11) is 0. The molecule has 1 aromatic heterocycles.